The number of halogens is 2. The molecule has 2 aromatic rings. The molecule has 0 fully saturated rings. The Morgan fingerprint density at radius 2 is 1.76 bits per heavy atom. The second-order valence-electron chi connectivity index (χ2n) is 5.93. The molecule has 0 saturated carbocycles. The van der Waals surface area contributed by atoms with Crippen LogP contribution in [0.25, 0.3) is 0 Å². The van der Waals surface area contributed by atoms with E-state index in [1.807, 2.05) is 32.0 Å². The fourth-order valence-corrected chi connectivity index (χ4v) is 2.95. The lowest BCUT2D eigenvalue weighted by Gasteiger charge is -2.17. The molecule has 132 valence electrons. The van der Waals surface area contributed by atoms with Gasteiger partial charge in [0.1, 0.15) is 6.04 Å². The number of nitrogens with zero attached hydrogens (tertiary/aromatic N) is 1. The molecule has 25 heavy (non-hydrogen) atoms. The van der Waals surface area contributed by atoms with Gasteiger partial charge in [-0.25, -0.2) is 5.43 Å². The summed E-state index contributed by atoms with van der Waals surface area (Å²) in [5.41, 5.74) is 7.05. The van der Waals surface area contributed by atoms with Gasteiger partial charge in [-0.05, 0) is 51.0 Å². The Bertz CT molecular complexity index is 798. The van der Waals surface area contributed by atoms with Gasteiger partial charge >= 0.3 is 0 Å². The van der Waals surface area contributed by atoms with E-state index < -0.39 is 6.04 Å². The van der Waals surface area contributed by atoms with Crippen LogP contribution in [0.1, 0.15) is 30.5 Å². The Kier molecular flexibility index (Phi) is 6.45. The van der Waals surface area contributed by atoms with Gasteiger partial charge in [0.25, 0.3) is 5.91 Å². The SMILES string of the molecule is C/C(=N/NC(=O)[C@H](C)Nc1c(C)cccc1C)c1ccc(Cl)cc1Cl. The molecular weight excluding hydrogens is 357 g/mol. The first-order valence-corrected chi connectivity index (χ1v) is 8.67. The minimum Gasteiger partial charge on any atom is -0.373 e. The van der Waals surface area contributed by atoms with Crippen molar-refractivity contribution in [2.24, 2.45) is 5.10 Å². The van der Waals surface area contributed by atoms with Crippen LogP contribution < -0.4 is 10.7 Å². The fourth-order valence-electron chi connectivity index (χ4n) is 2.40. The lowest BCUT2D eigenvalue weighted by Crippen LogP contribution is -2.35. The summed E-state index contributed by atoms with van der Waals surface area (Å²) in [6.45, 7) is 7.58. The number of rotatable bonds is 5. The van der Waals surface area contributed by atoms with Crippen LogP contribution in [0, 0.1) is 13.8 Å². The number of amides is 1. The van der Waals surface area contributed by atoms with Crippen molar-refractivity contribution >= 4 is 40.5 Å². The second-order valence-corrected chi connectivity index (χ2v) is 6.77. The Morgan fingerprint density at radius 3 is 2.36 bits per heavy atom. The molecule has 2 aromatic carbocycles. The molecule has 1 amide bonds. The van der Waals surface area contributed by atoms with Crippen molar-refractivity contribution < 1.29 is 4.79 Å². The van der Waals surface area contributed by atoms with E-state index in [0.717, 1.165) is 22.4 Å². The molecule has 0 unspecified atom stereocenters. The maximum atomic E-state index is 12.3. The Balaban J connectivity index is 2.06. The molecule has 4 nitrogen and oxygen atoms in total. The van der Waals surface area contributed by atoms with Crippen LogP contribution >= 0.6 is 23.2 Å². The van der Waals surface area contributed by atoms with Crippen LogP contribution in [0.3, 0.4) is 0 Å². The van der Waals surface area contributed by atoms with E-state index in [1.54, 1.807) is 32.0 Å². The van der Waals surface area contributed by atoms with Crippen LogP contribution in [0.15, 0.2) is 41.5 Å². The fraction of sp³-hybridized carbons (Fsp3) is 0.263. The molecular formula is C19H21Cl2N3O. The van der Waals surface area contributed by atoms with Crippen LogP contribution in [0.4, 0.5) is 5.69 Å². The van der Waals surface area contributed by atoms with Gasteiger partial charge in [0.15, 0.2) is 0 Å². The maximum Gasteiger partial charge on any atom is 0.262 e. The van der Waals surface area contributed by atoms with Crippen LogP contribution in [0.5, 0.6) is 0 Å². The van der Waals surface area contributed by atoms with Gasteiger partial charge in [-0.3, -0.25) is 4.79 Å². The van der Waals surface area contributed by atoms with Crippen molar-refractivity contribution in [3.63, 3.8) is 0 Å². The first-order valence-electron chi connectivity index (χ1n) is 7.92. The van der Waals surface area contributed by atoms with Gasteiger partial charge < -0.3 is 5.32 Å². The van der Waals surface area contributed by atoms with Gasteiger partial charge in [0, 0.05) is 16.3 Å². The van der Waals surface area contributed by atoms with Crippen molar-refractivity contribution in [3.05, 3.63) is 63.1 Å². The topological polar surface area (TPSA) is 53.5 Å². The van der Waals surface area contributed by atoms with E-state index in [9.17, 15) is 4.79 Å². The molecule has 0 aliphatic heterocycles. The van der Waals surface area contributed by atoms with Crippen molar-refractivity contribution in [3.8, 4) is 0 Å². The summed E-state index contributed by atoms with van der Waals surface area (Å²) >= 11 is 12.0. The number of nitrogens with one attached hydrogen (secondary N) is 2. The molecule has 6 heteroatoms. The first kappa shape index (κ1) is 19.3. The summed E-state index contributed by atoms with van der Waals surface area (Å²) < 4.78 is 0. The highest BCUT2D eigenvalue weighted by Gasteiger charge is 2.14. The number of hydrogen-bond acceptors (Lipinski definition) is 3. The number of anilines is 1. The molecule has 0 saturated heterocycles. The highest BCUT2D eigenvalue weighted by molar-refractivity contribution is 6.37. The van der Waals surface area contributed by atoms with Crippen LogP contribution in [-0.4, -0.2) is 17.7 Å². The molecule has 0 aliphatic rings. The molecule has 2 N–H and O–H groups in total. The normalized spacial score (nSPS) is 12.6. The summed E-state index contributed by atoms with van der Waals surface area (Å²) in [5, 5.41) is 8.42. The number of hydrazone groups is 1. The number of carbonyl (C=O) groups excluding carboxylic acids is 1. The summed E-state index contributed by atoms with van der Waals surface area (Å²) in [7, 11) is 0. The summed E-state index contributed by atoms with van der Waals surface area (Å²) in [4.78, 5) is 12.3. The van der Waals surface area contributed by atoms with Gasteiger partial charge in [0.2, 0.25) is 0 Å². The standard InChI is InChI=1S/C19H21Cl2N3O/c1-11-6-5-7-12(2)18(11)22-14(4)19(25)24-23-13(3)16-9-8-15(20)10-17(16)21/h5-10,14,22H,1-4H3,(H,24,25)/b23-13-/t14-/m0/s1. The van der Waals surface area contributed by atoms with E-state index in [1.165, 1.54) is 0 Å². The van der Waals surface area contributed by atoms with E-state index in [4.69, 9.17) is 23.2 Å². The Hall–Kier alpha value is -2.04. The van der Waals surface area contributed by atoms with Gasteiger partial charge in [-0.15, -0.1) is 0 Å². The zero-order valence-corrected chi connectivity index (χ0v) is 16.2. The predicted octanol–water partition coefficient (Wildman–Crippen LogP) is 4.95. The average molecular weight is 378 g/mol. The summed E-state index contributed by atoms with van der Waals surface area (Å²) in [6.07, 6.45) is 0. The average Bonchev–Trinajstić information content (AvgIpc) is 2.55. The van der Waals surface area contributed by atoms with E-state index >= 15 is 0 Å². The maximum absolute atomic E-state index is 12.3. The molecule has 0 aromatic heterocycles. The van der Waals surface area contributed by atoms with Gasteiger partial charge in [-0.2, -0.15) is 5.10 Å². The van der Waals surface area contributed by atoms with Crippen molar-refractivity contribution in [1.29, 1.82) is 0 Å². The summed E-state index contributed by atoms with van der Waals surface area (Å²) in [5.74, 6) is -0.230. The van der Waals surface area contributed by atoms with Crippen LogP contribution in [0.2, 0.25) is 10.0 Å². The quantitative estimate of drug-likeness (QED) is 0.571. The zero-order valence-electron chi connectivity index (χ0n) is 14.7. The molecule has 2 rings (SSSR count). The number of hydrogen-bond donors (Lipinski definition) is 2. The number of para-hydroxylation sites is 1. The monoisotopic (exact) mass is 377 g/mol. The highest BCUT2D eigenvalue weighted by Crippen LogP contribution is 2.22. The number of benzene rings is 2. The second kappa shape index (κ2) is 8.37. The third-order valence-corrected chi connectivity index (χ3v) is 4.44. The lowest BCUT2D eigenvalue weighted by molar-refractivity contribution is -0.121. The van der Waals surface area contributed by atoms with Gasteiger partial charge in [-0.1, -0.05) is 47.5 Å². The van der Waals surface area contributed by atoms with E-state index in [2.05, 4.69) is 15.8 Å². The minimum atomic E-state index is -0.433. The predicted molar refractivity (Wildman–Crippen MR) is 106 cm³/mol. The van der Waals surface area contributed by atoms with E-state index in [-0.39, 0.29) is 5.91 Å². The first-order chi connectivity index (χ1) is 11.8. The van der Waals surface area contributed by atoms with Crippen molar-refractivity contribution in [2.45, 2.75) is 33.7 Å². The highest BCUT2D eigenvalue weighted by atomic mass is 35.5. The van der Waals surface area contributed by atoms with E-state index in [0.29, 0.717) is 15.8 Å². The van der Waals surface area contributed by atoms with Gasteiger partial charge in [0.05, 0.1) is 10.7 Å². The third kappa shape index (κ3) is 4.97. The third-order valence-electron chi connectivity index (χ3n) is 3.89. The smallest absolute Gasteiger partial charge is 0.262 e. The Labute approximate surface area is 158 Å². The largest absolute Gasteiger partial charge is 0.373 e. The van der Waals surface area contributed by atoms with Crippen molar-refractivity contribution in [2.75, 3.05) is 5.32 Å². The molecule has 0 heterocycles. The molecule has 0 spiro atoms. The van der Waals surface area contributed by atoms with Crippen molar-refractivity contribution in [1.82, 2.24) is 5.43 Å². The molecule has 0 radical (unpaired) electrons. The molecule has 0 aliphatic carbocycles. The number of aryl methyl sites for hydroxylation is 2. The van der Waals surface area contributed by atoms with Crippen LogP contribution in [-0.2, 0) is 4.79 Å². The molecule has 1 atom stereocenters. The zero-order chi connectivity index (χ0) is 18.6. The molecule has 0 bridgehead atoms. The number of carbonyl (C=O) groups is 1. The summed E-state index contributed by atoms with van der Waals surface area (Å²) in [6, 6.07) is 10.7. The lowest BCUT2D eigenvalue weighted by atomic mass is 10.1. The Morgan fingerprint density at radius 1 is 1.12 bits per heavy atom. The minimum absolute atomic E-state index is 0.230.